The number of carbonyl (C=O) groups is 4. The number of esters is 1. The Morgan fingerprint density at radius 2 is 1.53 bits per heavy atom. The number of hydrogen-bond acceptors (Lipinski definition) is 6. The molecule has 0 radical (unpaired) electrons. The normalized spacial score (nSPS) is 26.5. The second-order valence-corrected chi connectivity index (χ2v) is 9.33. The van der Waals surface area contributed by atoms with Gasteiger partial charge in [0.1, 0.15) is 11.4 Å². The third-order valence-corrected chi connectivity index (χ3v) is 7.44. The Kier molecular flexibility index (Phi) is 7.04. The molecule has 0 aromatic heterocycles. The molecule has 0 saturated carbocycles. The molecule has 2 aromatic rings. The molecule has 3 aliphatic rings. The van der Waals surface area contributed by atoms with Crippen LogP contribution >= 0.6 is 0 Å². The smallest absolute Gasteiger partial charge is 0.475 e. The van der Waals surface area contributed by atoms with Gasteiger partial charge in [-0.2, -0.15) is 13.2 Å². The summed E-state index contributed by atoms with van der Waals surface area (Å²) in [5, 5.41) is 7.12. The molecule has 3 aliphatic heterocycles. The van der Waals surface area contributed by atoms with Gasteiger partial charge in [0.15, 0.2) is 0 Å². The summed E-state index contributed by atoms with van der Waals surface area (Å²) in [5.74, 6) is -5.40. The predicted molar refractivity (Wildman–Crippen MR) is 124 cm³/mol. The largest absolute Gasteiger partial charge is 0.490 e. The fraction of sp³-hybridized carbons (Fsp3) is 0.385. The molecule has 2 aromatic carbocycles. The van der Waals surface area contributed by atoms with Crippen molar-refractivity contribution in [1.82, 2.24) is 9.80 Å². The second kappa shape index (κ2) is 9.82. The number of amides is 2. The van der Waals surface area contributed by atoms with E-state index in [2.05, 4.69) is 0 Å². The van der Waals surface area contributed by atoms with Crippen molar-refractivity contribution in [2.75, 3.05) is 20.7 Å². The summed E-state index contributed by atoms with van der Waals surface area (Å²) >= 11 is 0. The van der Waals surface area contributed by atoms with Crippen LogP contribution in [0.1, 0.15) is 24.4 Å². The van der Waals surface area contributed by atoms with Crippen LogP contribution in [0.4, 0.5) is 17.6 Å². The standard InChI is InChI=1S/C24H23FN2O4.C2HF3O2/c1-26-21(28)18-19(22(26)29)24(23(30)31-2)12-3-13-27(24)20(18)16-6-4-14(5-7-16)15-8-10-17(25)11-9-15;3-2(4,5)1(6)7/h4-11,18-20H,3,12-13H2,1-2H3;(H,6,7)/t18?,19?,20?,24-;/m0./s1. The predicted octanol–water partition coefficient (Wildman–Crippen LogP) is 3.42. The van der Waals surface area contributed by atoms with Crippen molar-refractivity contribution >= 4 is 23.8 Å². The van der Waals surface area contributed by atoms with Crippen LogP contribution in [0.15, 0.2) is 48.5 Å². The molecule has 8 nitrogen and oxygen atoms in total. The number of aliphatic carboxylic acids is 1. The minimum atomic E-state index is -5.08. The summed E-state index contributed by atoms with van der Waals surface area (Å²) in [5.41, 5.74) is 1.58. The number of fused-ring (bicyclic) bond motifs is 3. The lowest BCUT2D eigenvalue weighted by Crippen LogP contribution is -2.54. The van der Waals surface area contributed by atoms with Crippen molar-refractivity contribution < 1.29 is 46.6 Å². The lowest BCUT2D eigenvalue weighted by atomic mass is 9.77. The molecule has 1 N–H and O–H groups in total. The third kappa shape index (κ3) is 4.32. The van der Waals surface area contributed by atoms with Crippen molar-refractivity contribution in [3.05, 3.63) is 59.9 Å². The lowest BCUT2D eigenvalue weighted by molar-refractivity contribution is -0.192. The highest BCUT2D eigenvalue weighted by molar-refractivity contribution is 6.09. The van der Waals surface area contributed by atoms with Gasteiger partial charge in [-0.25, -0.2) is 9.18 Å². The molecule has 3 fully saturated rings. The molecule has 12 heteroatoms. The van der Waals surface area contributed by atoms with Crippen molar-refractivity contribution in [2.45, 2.75) is 30.6 Å². The molecule has 5 rings (SSSR count). The highest BCUT2D eigenvalue weighted by Crippen LogP contribution is 2.59. The van der Waals surface area contributed by atoms with E-state index in [0.717, 1.165) is 28.0 Å². The van der Waals surface area contributed by atoms with E-state index in [1.54, 1.807) is 12.1 Å². The number of imide groups is 1. The van der Waals surface area contributed by atoms with E-state index in [4.69, 9.17) is 14.6 Å². The molecule has 202 valence electrons. The first-order valence-corrected chi connectivity index (χ1v) is 11.7. The fourth-order valence-electron chi connectivity index (χ4n) is 5.86. The van der Waals surface area contributed by atoms with Crippen molar-refractivity contribution in [2.24, 2.45) is 11.8 Å². The quantitative estimate of drug-likeness (QED) is 0.364. The van der Waals surface area contributed by atoms with Crippen LogP contribution in [0.3, 0.4) is 0 Å². The van der Waals surface area contributed by atoms with Gasteiger partial charge in [0.25, 0.3) is 0 Å². The Balaban J connectivity index is 0.000000426. The maximum Gasteiger partial charge on any atom is 0.490 e. The number of carboxylic acid groups (broad SMARTS) is 1. The van der Waals surface area contributed by atoms with Gasteiger partial charge in [-0.3, -0.25) is 24.2 Å². The monoisotopic (exact) mass is 536 g/mol. The van der Waals surface area contributed by atoms with Gasteiger partial charge in [0.2, 0.25) is 11.8 Å². The van der Waals surface area contributed by atoms with E-state index in [-0.39, 0.29) is 23.7 Å². The number of methoxy groups -OCH3 is 1. The number of nitrogens with zero attached hydrogens (tertiary/aromatic N) is 2. The molecule has 3 saturated heterocycles. The zero-order chi connectivity index (χ0) is 28.0. The van der Waals surface area contributed by atoms with E-state index in [1.165, 1.54) is 26.3 Å². The zero-order valence-corrected chi connectivity index (χ0v) is 20.4. The first-order chi connectivity index (χ1) is 17.8. The van der Waals surface area contributed by atoms with Gasteiger partial charge < -0.3 is 9.84 Å². The second-order valence-electron chi connectivity index (χ2n) is 9.33. The summed E-state index contributed by atoms with van der Waals surface area (Å²) < 4.78 is 50.1. The maximum atomic E-state index is 13.2. The van der Waals surface area contributed by atoms with Gasteiger partial charge in [-0.15, -0.1) is 0 Å². The number of ether oxygens (including phenoxy) is 1. The third-order valence-electron chi connectivity index (χ3n) is 7.44. The van der Waals surface area contributed by atoms with E-state index in [1.807, 2.05) is 29.2 Å². The Hall–Kier alpha value is -3.80. The van der Waals surface area contributed by atoms with Gasteiger partial charge in [-0.05, 0) is 48.2 Å². The number of benzene rings is 2. The number of likely N-dealkylation sites (tertiary alicyclic amines) is 1. The topological polar surface area (TPSA) is 104 Å². The molecule has 38 heavy (non-hydrogen) atoms. The molecule has 0 bridgehead atoms. The van der Waals surface area contributed by atoms with E-state index >= 15 is 0 Å². The van der Waals surface area contributed by atoms with Crippen LogP contribution in [0.25, 0.3) is 11.1 Å². The SMILES string of the molecule is COC(=O)[C@@]12CCCN1C(c1ccc(-c3ccc(F)cc3)cc1)C1C(=O)N(C)C(=O)C12.O=C(O)C(F)(F)F. The maximum absolute atomic E-state index is 13.2. The van der Waals surface area contributed by atoms with Crippen LogP contribution in [0.2, 0.25) is 0 Å². The van der Waals surface area contributed by atoms with Crippen LogP contribution in [0, 0.1) is 17.7 Å². The summed E-state index contributed by atoms with van der Waals surface area (Å²) in [4.78, 5) is 51.2. The fourth-order valence-corrected chi connectivity index (χ4v) is 5.86. The molecule has 0 aliphatic carbocycles. The van der Waals surface area contributed by atoms with Gasteiger partial charge >= 0.3 is 18.1 Å². The number of halogens is 4. The van der Waals surface area contributed by atoms with Gasteiger partial charge in [0, 0.05) is 13.1 Å². The average Bonchev–Trinajstić information content (AvgIpc) is 3.50. The Labute approximate surface area is 214 Å². The highest BCUT2D eigenvalue weighted by Gasteiger charge is 2.72. The molecule has 0 spiro atoms. The summed E-state index contributed by atoms with van der Waals surface area (Å²) in [6, 6.07) is 13.6. The van der Waals surface area contributed by atoms with Crippen LogP contribution in [0.5, 0.6) is 0 Å². The average molecular weight is 536 g/mol. The molecule has 4 atom stereocenters. The number of carbonyl (C=O) groups excluding carboxylic acids is 3. The van der Waals surface area contributed by atoms with Crippen LogP contribution in [-0.4, -0.2) is 71.1 Å². The van der Waals surface area contributed by atoms with E-state index < -0.39 is 35.5 Å². The van der Waals surface area contributed by atoms with E-state index in [9.17, 15) is 31.9 Å². The molecule has 3 heterocycles. The Morgan fingerprint density at radius 3 is 2.03 bits per heavy atom. The highest BCUT2D eigenvalue weighted by atomic mass is 19.4. The summed E-state index contributed by atoms with van der Waals surface area (Å²) in [6.45, 7) is 0.622. The number of carboxylic acids is 1. The zero-order valence-electron chi connectivity index (χ0n) is 20.4. The first-order valence-electron chi connectivity index (χ1n) is 11.7. The number of hydrogen-bond donors (Lipinski definition) is 1. The van der Waals surface area contributed by atoms with Crippen molar-refractivity contribution in [1.29, 1.82) is 0 Å². The van der Waals surface area contributed by atoms with E-state index in [0.29, 0.717) is 13.0 Å². The van der Waals surface area contributed by atoms with Crippen molar-refractivity contribution in [3.63, 3.8) is 0 Å². The van der Waals surface area contributed by atoms with Gasteiger partial charge in [-0.1, -0.05) is 36.4 Å². The lowest BCUT2D eigenvalue weighted by Gasteiger charge is -2.35. The minimum absolute atomic E-state index is 0.250. The first kappa shape index (κ1) is 27.2. The Morgan fingerprint density at radius 1 is 1.00 bits per heavy atom. The Bertz CT molecular complexity index is 1260. The van der Waals surface area contributed by atoms with Crippen molar-refractivity contribution in [3.8, 4) is 11.1 Å². The molecular weight excluding hydrogens is 512 g/mol. The summed E-state index contributed by atoms with van der Waals surface area (Å²) in [7, 11) is 2.82. The number of rotatable bonds is 3. The molecule has 2 amide bonds. The molecule has 3 unspecified atom stereocenters. The van der Waals surface area contributed by atoms with Crippen LogP contribution < -0.4 is 0 Å². The number of alkyl halides is 3. The van der Waals surface area contributed by atoms with Gasteiger partial charge in [0.05, 0.1) is 18.9 Å². The molecular formula is C26H24F4N2O6. The minimum Gasteiger partial charge on any atom is -0.475 e. The summed E-state index contributed by atoms with van der Waals surface area (Å²) in [6.07, 6.45) is -3.83. The van der Waals surface area contributed by atoms with Crippen LogP contribution in [-0.2, 0) is 23.9 Å².